The third-order valence-corrected chi connectivity index (χ3v) is 4.66. The van der Waals surface area contributed by atoms with Crippen molar-refractivity contribution >= 4 is 0 Å². The van der Waals surface area contributed by atoms with Gasteiger partial charge < -0.3 is 29.2 Å². The van der Waals surface area contributed by atoms with Crippen LogP contribution >= 0.6 is 0 Å². The topological polar surface area (TPSA) is 77.4 Å². The summed E-state index contributed by atoms with van der Waals surface area (Å²) >= 11 is 0. The van der Waals surface area contributed by atoms with E-state index in [1.165, 1.54) is 0 Å². The second kappa shape index (κ2) is 7.84. The van der Waals surface area contributed by atoms with Crippen molar-refractivity contribution in [1.29, 1.82) is 0 Å². The summed E-state index contributed by atoms with van der Waals surface area (Å²) in [6.07, 6.45) is -5.04. The van der Waals surface area contributed by atoms with E-state index in [0.29, 0.717) is 0 Å². The molecule has 2 fully saturated rings. The molecule has 0 spiro atoms. The van der Waals surface area contributed by atoms with Gasteiger partial charge in [0.2, 0.25) is 0 Å². The van der Waals surface area contributed by atoms with Crippen LogP contribution in [0.5, 0.6) is 0 Å². The average Bonchev–Trinajstić information content (AvgIpc) is 2.71. The minimum Gasteiger partial charge on any atom is -0.387 e. The van der Waals surface area contributed by atoms with Crippen molar-refractivity contribution in [2.24, 2.45) is 0 Å². The number of hydrogen-bond acceptors (Lipinski definition) is 6. The molecule has 0 aromatic heterocycles. The zero-order chi connectivity index (χ0) is 17.9. The molecule has 6 atom stereocenters. The van der Waals surface area contributed by atoms with Crippen LogP contribution in [0.4, 0.5) is 0 Å². The summed E-state index contributed by atoms with van der Waals surface area (Å²) in [7, 11) is 0. The molecule has 2 aromatic rings. The molecule has 6 nitrogen and oxygen atoms in total. The van der Waals surface area contributed by atoms with E-state index in [2.05, 4.69) is 0 Å². The number of ether oxygens (including phenoxy) is 4. The molecule has 2 saturated heterocycles. The monoisotopic (exact) mass is 358 g/mol. The van der Waals surface area contributed by atoms with Gasteiger partial charge in [-0.2, -0.15) is 0 Å². The first-order valence-corrected chi connectivity index (χ1v) is 8.71. The SMILES string of the molecule is OC1[C@H]2OC(c3ccccc3)OCC2O[C@@H](OCc2ccccc2)[C@H]1O. The van der Waals surface area contributed by atoms with Gasteiger partial charge in [-0.15, -0.1) is 0 Å². The molecule has 2 N–H and O–H groups in total. The zero-order valence-electron chi connectivity index (χ0n) is 14.2. The Kier molecular flexibility index (Phi) is 5.31. The predicted octanol–water partition coefficient (Wildman–Crippen LogP) is 1.76. The van der Waals surface area contributed by atoms with E-state index in [9.17, 15) is 10.2 Å². The van der Waals surface area contributed by atoms with Gasteiger partial charge in [-0.3, -0.25) is 0 Å². The van der Waals surface area contributed by atoms with Gasteiger partial charge in [0, 0.05) is 5.56 Å². The molecule has 138 valence electrons. The van der Waals surface area contributed by atoms with E-state index in [0.717, 1.165) is 11.1 Å². The Morgan fingerprint density at radius 1 is 0.885 bits per heavy atom. The van der Waals surface area contributed by atoms with Crippen LogP contribution in [0.3, 0.4) is 0 Å². The second-order valence-electron chi connectivity index (χ2n) is 6.50. The highest BCUT2D eigenvalue weighted by Crippen LogP contribution is 2.34. The van der Waals surface area contributed by atoms with Crippen LogP contribution in [0, 0.1) is 0 Å². The fraction of sp³-hybridized carbons (Fsp3) is 0.400. The maximum absolute atomic E-state index is 10.5. The van der Waals surface area contributed by atoms with E-state index in [-0.39, 0.29) is 13.2 Å². The lowest BCUT2D eigenvalue weighted by Crippen LogP contribution is -2.62. The Morgan fingerprint density at radius 2 is 1.58 bits per heavy atom. The van der Waals surface area contributed by atoms with Crippen LogP contribution in [-0.2, 0) is 25.6 Å². The first kappa shape index (κ1) is 17.6. The summed E-state index contributed by atoms with van der Waals surface area (Å²) in [5.41, 5.74) is 1.82. The molecule has 2 aliphatic rings. The van der Waals surface area contributed by atoms with Crippen molar-refractivity contribution in [3.05, 3.63) is 71.8 Å². The second-order valence-corrected chi connectivity index (χ2v) is 6.50. The molecule has 0 saturated carbocycles. The third kappa shape index (κ3) is 3.66. The highest BCUT2D eigenvalue weighted by Gasteiger charge is 2.49. The summed E-state index contributed by atoms with van der Waals surface area (Å²) in [5, 5.41) is 20.9. The maximum Gasteiger partial charge on any atom is 0.187 e. The quantitative estimate of drug-likeness (QED) is 0.867. The van der Waals surface area contributed by atoms with Gasteiger partial charge >= 0.3 is 0 Å². The van der Waals surface area contributed by atoms with Crippen molar-refractivity contribution in [2.45, 2.75) is 43.6 Å². The Morgan fingerprint density at radius 3 is 2.31 bits per heavy atom. The first-order chi connectivity index (χ1) is 12.7. The maximum atomic E-state index is 10.5. The summed E-state index contributed by atoms with van der Waals surface area (Å²) in [6.45, 7) is 0.528. The van der Waals surface area contributed by atoms with Gasteiger partial charge in [0.1, 0.15) is 24.4 Å². The molecule has 0 radical (unpaired) electrons. The normalized spacial score (nSPS) is 34.2. The first-order valence-electron chi connectivity index (χ1n) is 8.71. The lowest BCUT2D eigenvalue weighted by molar-refractivity contribution is -0.362. The van der Waals surface area contributed by atoms with Crippen LogP contribution in [0.15, 0.2) is 60.7 Å². The van der Waals surface area contributed by atoms with E-state index in [1.54, 1.807) is 0 Å². The minimum absolute atomic E-state index is 0.249. The van der Waals surface area contributed by atoms with E-state index in [4.69, 9.17) is 18.9 Å². The summed E-state index contributed by atoms with van der Waals surface area (Å²) in [5.74, 6) is 0. The van der Waals surface area contributed by atoms with Crippen LogP contribution in [0.25, 0.3) is 0 Å². The summed E-state index contributed by atoms with van der Waals surface area (Å²) < 4.78 is 23.1. The predicted molar refractivity (Wildman–Crippen MR) is 91.9 cm³/mol. The standard InChI is InChI=1S/C20H22O6/c21-16-17(22)20(23-11-13-7-3-1-4-8-13)25-15-12-24-19(26-18(15)16)14-9-5-2-6-10-14/h1-10,15-22H,11-12H2/t15?,16?,17-,18-,19?,20+/m0/s1. The largest absolute Gasteiger partial charge is 0.387 e. The van der Waals surface area contributed by atoms with Gasteiger partial charge in [-0.1, -0.05) is 60.7 Å². The molecule has 2 aliphatic heterocycles. The average molecular weight is 358 g/mol. The van der Waals surface area contributed by atoms with Crippen LogP contribution in [-0.4, -0.2) is 47.5 Å². The van der Waals surface area contributed by atoms with Crippen molar-refractivity contribution in [3.8, 4) is 0 Å². The molecular weight excluding hydrogens is 336 g/mol. The van der Waals surface area contributed by atoms with E-state index < -0.39 is 37.0 Å². The van der Waals surface area contributed by atoms with Crippen molar-refractivity contribution in [1.82, 2.24) is 0 Å². The Labute approximate surface area is 151 Å². The molecule has 0 aliphatic carbocycles. The van der Waals surface area contributed by atoms with Crippen LogP contribution in [0.1, 0.15) is 17.4 Å². The number of fused-ring (bicyclic) bond motifs is 1. The Balaban J connectivity index is 1.40. The molecule has 26 heavy (non-hydrogen) atoms. The lowest BCUT2D eigenvalue weighted by atomic mass is 9.98. The molecule has 2 aromatic carbocycles. The summed E-state index contributed by atoms with van der Waals surface area (Å²) in [4.78, 5) is 0. The number of aliphatic hydroxyl groups excluding tert-OH is 2. The highest BCUT2D eigenvalue weighted by molar-refractivity contribution is 5.17. The van der Waals surface area contributed by atoms with Crippen molar-refractivity contribution in [3.63, 3.8) is 0 Å². The number of rotatable bonds is 4. The third-order valence-electron chi connectivity index (χ3n) is 4.66. The lowest BCUT2D eigenvalue weighted by Gasteiger charge is -2.46. The van der Waals surface area contributed by atoms with Gasteiger partial charge in [0.15, 0.2) is 12.6 Å². The van der Waals surface area contributed by atoms with Gasteiger partial charge in [0.05, 0.1) is 13.2 Å². The van der Waals surface area contributed by atoms with Crippen LogP contribution < -0.4 is 0 Å². The van der Waals surface area contributed by atoms with E-state index >= 15 is 0 Å². The van der Waals surface area contributed by atoms with E-state index in [1.807, 2.05) is 60.7 Å². The molecule has 0 bridgehead atoms. The Bertz CT molecular complexity index is 692. The van der Waals surface area contributed by atoms with Gasteiger partial charge in [-0.05, 0) is 5.56 Å². The summed E-state index contributed by atoms with van der Waals surface area (Å²) in [6, 6.07) is 19.1. The van der Waals surface area contributed by atoms with Crippen molar-refractivity contribution < 1.29 is 29.2 Å². The highest BCUT2D eigenvalue weighted by atomic mass is 16.8. The number of hydrogen-bond donors (Lipinski definition) is 2. The molecule has 2 heterocycles. The molecule has 3 unspecified atom stereocenters. The fourth-order valence-corrected chi connectivity index (χ4v) is 3.25. The minimum atomic E-state index is -1.20. The molecule has 6 heteroatoms. The zero-order valence-corrected chi connectivity index (χ0v) is 14.2. The molecule has 4 rings (SSSR count). The van der Waals surface area contributed by atoms with Crippen LogP contribution in [0.2, 0.25) is 0 Å². The smallest absolute Gasteiger partial charge is 0.187 e. The Hall–Kier alpha value is -1.80. The molecular formula is C20H22O6. The van der Waals surface area contributed by atoms with Gasteiger partial charge in [-0.25, -0.2) is 0 Å². The fourth-order valence-electron chi connectivity index (χ4n) is 3.25. The number of aliphatic hydroxyl groups is 2. The van der Waals surface area contributed by atoms with Crippen molar-refractivity contribution in [2.75, 3.05) is 6.61 Å². The molecule has 0 amide bonds. The van der Waals surface area contributed by atoms with Gasteiger partial charge in [0.25, 0.3) is 0 Å². The number of benzene rings is 2.